The van der Waals surface area contributed by atoms with E-state index in [1.165, 1.54) is 4.90 Å². The van der Waals surface area contributed by atoms with Crippen molar-refractivity contribution in [3.05, 3.63) is 10.7 Å². The molecule has 0 saturated heterocycles. The van der Waals surface area contributed by atoms with Crippen molar-refractivity contribution in [2.24, 2.45) is 0 Å². The molecule has 1 aromatic heterocycles. The Morgan fingerprint density at radius 2 is 2.12 bits per heavy atom. The molecule has 0 saturated carbocycles. The zero-order chi connectivity index (χ0) is 13.0. The standard InChI is InChI=1S/C10H16BrN5O/c1-4-16(6-9(17)15(2)3)10-13-7(11)5-8(12)14-10/h5H,4,6H2,1-3H3,(H2,12,13,14). The molecule has 0 aliphatic rings. The predicted molar refractivity (Wildman–Crippen MR) is 70.7 cm³/mol. The largest absolute Gasteiger partial charge is 0.383 e. The molecule has 1 aromatic rings. The summed E-state index contributed by atoms with van der Waals surface area (Å²) in [5, 5.41) is 0. The van der Waals surface area contributed by atoms with Gasteiger partial charge in [0.25, 0.3) is 0 Å². The molecule has 0 bridgehead atoms. The van der Waals surface area contributed by atoms with Crippen LogP contribution in [0.3, 0.4) is 0 Å². The van der Waals surface area contributed by atoms with Gasteiger partial charge in [-0.2, -0.15) is 4.98 Å². The van der Waals surface area contributed by atoms with Crippen molar-refractivity contribution in [2.45, 2.75) is 6.92 Å². The van der Waals surface area contributed by atoms with Gasteiger partial charge >= 0.3 is 0 Å². The van der Waals surface area contributed by atoms with Crippen LogP contribution < -0.4 is 10.6 Å². The summed E-state index contributed by atoms with van der Waals surface area (Å²) in [4.78, 5) is 23.2. The van der Waals surface area contributed by atoms with E-state index in [0.29, 0.717) is 22.9 Å². The van der Waals surface area contributed by atoms with Crippen LogP contribution in [0, 0.1) is 0 Å². The van der Waals surface area contributed by atoms with Crippen LogP contribution in [-0.2, 0) is 4.79 Å². The number of aromatic nitrogens is 2. The van der Waals surface area contributed by atoms with E-state index in [2.05, 4.69) is 25.9 Å². The molecule has 0 radical (unpaired) electrons. The van der Waals surface area contributed by atoms with Crippen molar-refractivity contribution >= 4 is 33.6 Å². The average molecular weight is 302 g/mol. The number of halogens is 1. The fourth-order valence-corrected chi connectivity index (χ4v) is 1.59. The number of nitrogen functional groups attached to an aromatic ring is 1. The summed E-state index contributed by atoms with van der Waals surface area (Å²) < 4.78 is 0.607. The average Bonchev–Trinajstić information content (AvgIpc) is 2.23. The number of hydrogen-bond acceptors (Lipinski definition) is 5. The maximum absolute atomic E-state index is 11.6. The summed E-state index contributed by atoms with van der Waals surface area (Å²) in [6, 6.07) is 1.62. The first kappa shape index (κ1) is 13.7. The quantitative estimate of drug-likeness (QED) is 0.830. The van der Waals surface area contributed by atoms with E-state index < -0.39 is 0 Å². The molecule has 2 N–H and O–H groups in total. The molecule has 6 nitrogen and oxygen atoms in total. The Morgan fingerprint density at radius 1 is 1.47 bits per heavy atom. The third-order valence-corrected chi connectivity index (χ3v) is 2.60. The minimum absolute atomic E-state index is 0.00556. The number of nitrogens with zero attached hydrogens (tertiary/aromatic N) is 4. The second-order valence-electron chi connectivity index (χ2n) is 3.72. The Labute approximate surface area is 109 Å². The van der Waals surface area contributed by atoms with Crippen molar-refractivity contribution in [1.29, 1.82) is 0 Å². The molecule has 1 amide bonds. The maximum atomic E-state index is 11.6. The van der Waals surface area contributed by atoms with Crippen molar-refractivity contribution < 1.29 is 4.79 Å². The molecular formula is C10H16BrN5O. The fourth-order valence-electron chi connectivity index (χ4n) is 1.19. The Morgan fingerprint density at radius 3 is 2.59 bits per heavy atom. The summed E-state index contributed by atoms with van der Waals surface area (Å²) in [6.45, 7) is 2.80. The summed E-state index contributed by atoms with van der Waals surface area (Å²) in [5.74, 6) is 0.821. The number of anilines is 2. The van der Waals surface area contributed by atoms with Gasteiger partial charge in [0, 0.05) is 26.7 Å². The van der Waals surface area contributed by atoms with E-state index in [-0.39, 0.29) is 12.5 Å². The van der Waals surface area contributed by atoms with Gasteiger partial charge in [-0.3, -0.25) is 4.79 Å². The number of rotatable bonds is 4. The molecule has 17 heavy (non-hydrogen) atoms. The summed E-state index contributed by atoms with van der Waals surface area (Å²) in [6.07, 6.45) is 0. The Bertz CT molecular complexity index is 389. The molecule has 0 unspecified atom stereocenters. The lowest BCUT2D eigenvalue weighted by Crippen LogP contribution is -2.37. The van der Waals surface area contributed by atoms with Crippen LogP contribution in [0.2, 0.25) is 0 Å². The highest BCUT2D eigenvalue weighted by molar-refractivity contribution is 9.10. The van der Waals surface area contributed by atoms with Crippen LogP contribution in [-0.4, -0.2) is 48.0 Å². The molecule has 1 heterocycles. The van der Waals surface area contributed by atoms with Crippen LogP contribution in [0.15, 0.2) is 10.7 Å². The third-order valence-electron chi connectivity index (χ3n) is 2.19. The second kappa shape index (κ2) is 5.81. The lowest BCUT2D eigenvalue weighted by Gasteiger charge is -2.22. The number of carbonyl (C=O) groups is 1. The SMILES string of the molecule is CCN(CC(=O)N(C)C)c1nc(N)cc(Br)n1. The number of carbonyl (C=O) groups excluding carboxylic acids is 1. The Hall–Kier alpha value is -1.37. The molecule has 94 valence electrons. The molecule has 0 atom stereocenters. The van der Waals surface area contributed by atoms with E-state index in [9.17, 15) is 4.79 Å². The number of hydrogen-bond donors (Lipinski definition) is 1. The van der Waals surface area contributed by atoms with Crippen molar-refractivity contribution in [1.82, 2.24) is 14.9 Å². The van der Waals surface area contributed by atoms with Gasteiger partial charge in [0.15, 0.2) is 0 Å². The number of amides is 1. The lowest BCUT2D eigenvalue weighted by molar-refractivity contribution is -0.127. The van der Waals surface area contributed by atoms with Crippen molar-refractivity contribution in [2.75, 3.05) is 37.8 Å². The first-order valence-electron chi connectivity index (χ1n) is 5.19. The van der Waals surface area contributed by atoms with Gasteiger partial charge in [-0.25, -0.2) is 4.98 Å². The Balaban J connectivity index is 2.89. The van der Waals surface area contributed by atoms with Gasteiger partial charge in [0.1, 0.15) is 10.4 Å². The van der Waals surface area contributed by atoms with E-state index in [1.807, 2.05) is 6.92 Å². The maximum Gasteiger partial charge on any atom is 0.241 e. The summed E-state index contributed by atoms with van der Waals surface area (Å²) >= 11 is 3.25. The Kier molecular flexibility index (Phi) is 4.68. The van der Waals surface area contributed by atoms with Gasteiger partial charge in [-0.05, 0) is 22.9 Å². The highest BCUT2D eigenvalue weighted by atomic mass is 79.9. The van der Waals surface area contributed by atoms with E-state index in [4.69, 9.17) is 5.73 Å². The van der Waals surface area contributed by atoms with Crippen LogP contribution >= 0.6 is 15.9 Å². The fraction of sp³-hybridized carbons (Fsp3) is 0.500. The highest BCUT2D eigenvalue weighted by Crippen LogP contribution is 2.15. The van der Waals surface area contributed by atoms with Crippen molar-refractivity contribution in [3.8, 4) is 0 Å². The van der Waals surface area contributed by atoms with Crippen LogP contribution in [0.5, 0.6) is 0 Å². The smallest absolute Gasteiger partial charge is 0.241 e. The summed E-state index contributed by atoms with van der Waals surface area (Å²) in [7, 11) is 3.43. The molecule has 0 aromatic carbocycles. The molecule has 0 aliphatic carbocycles. The van der Waals surface area contributed by atoms with Crippen LogP contribution in [0.25, 0.3) is 0 Å². The minimum Gasteiger partial charge on any atom is -0.383 e. The normalized spacial score (nSPS) is 10.1. The zero-order valence-electron chi connectivity index (χ0n) is 10.1. The van der Waals surface area contributed by atoms with Gasteiger partial charge in [-0.15, -0.1) is 0 Å². The molecular weight excluding hydrogens is 286 g/mol. The first-order chi connectivity index (χ1) is 7.93. The van der Waals surface area contributed by atoms with Gasteiger partial charge < -0.3 is 15.5 Å². The van der Waals surface area contributed by atoms with E-state index in [0.717, 1.165) is 0 Å². The molecule has 0 fully saturated rings. The first-order valence-corrected chi connectivity index (χ1v) is 5.98. The van der Waals surface area contributed by atoms with E-state index >= 15 is 0 Å². The van der Waals surface area contributed by atoms with Crippen LogP contribution in [0.4, 0.5) is 11.8 Å². The second-order valence-corrected chi connectivity index (χ2v) is 4.53. The van der Waals surface area contributed by atoms with Crippen molar-refractivity contribution in [3.63, 3.8) is 0 Å². The highest BCUT2D eigenvalue weighted by Gasteiger charge is 2.14. The topological polar surface area (TPSA) is 75.4 Å². The number of likely N-dealkylation sites (N-methyl/N-ethyl adjacent to an activating group) is 2. The van der Waals surface area contributed by atoms with E-state index in [1.54, 1.807) is 25.1 Å². The molecule has 0 spiro atoms. The van der Waals surface area contributed by atoms with Gasteiger partial charge in [0.2, 0.25) is 11.9 Å². The van der Waals surface area contributed by atoms with Crippen LogP contribution in [0.1, 0.15) is 6.92 Å². The van der Waals surface area contributed by atoms with Gasteiger partial charge in [-0.1, -0.05) is 0 Å². The monoisotopic (exact) mass is 301 g/mol. The third kappa shape index (κ3) is 3.85. The van der Waals surface area contributed by atoms with Gasteiger partial charge in [0.05, 0.1) is 6.54 Å². The lowest BCUT2D eigenvalue weighted by atomic mass is 10.4. The predicted octanol–water partition coefficient (Wildman–Crippen LogP) is 0.736. The molecule has 7 heteroatoms. The minimum atomic E-state index is -0.00556. The zero-order valence-corrected chi connectivity index (χ0v) is 11.7. The number of nitrogens with two attached hydrogens (primary N) is 1. The molecule has 1 rings (SSSR count). The molecule has 0 aliphatic heterocycles. The summed E-state index contributed by atoms with van der Waals surface area (Å²) in [5.41, 5.74) is 5.64.